The van der Waals surface area contributed by atoms with E-state index in [0.29, 0.717) is 41.0 Å². The minimum absolute atomic E-state index is 0.212. The van der Waals surface area contributed by atoms with Gasteiger partial charge in [0.2, 0.25) is 0 Å². The Hall–Kier alpha value is -2.25. The molecule has 2 rings (SSSR count). The highest BCUT2D eigenvalue weighted by molar-refractivity contribution is 7.09. The van der Waals surface area contributed by atoms with Gasteiger partial charge in [-0.3, -0.25) is 9.59 Å². The third kappa shape index (κ3) is 4.61. The van der Waals surface area contributed by atoms with Crippen molar-refractivity contribution in [3.05, 3.63) is 45.9 Å². The SMILES string of the molecule is CC(C)CNC(=O)c1ccccc1NC(=O)c1csc(CN)n1. The average Bonchev–Trinajstić information content (AvgIpc) is 3.02. The molecular weight excluding hydrogens is 312 g/mol. The van der Waals surface area contributed by atoms with Crippen molar-refractivity contribution in [3.63, 3.8) is 0 Å². The molecule has 2 aromatic rings. The second-order valence-electron chi connectivity index (χ2n) is 5.43. The van der Waals surface area contributed by atoms with E-state index in [0.717, 1.165) is 0 Å². The number of carbonyl (C=O) groups excluding carboxylic acids is 2. The monoisotopic (exact) mass is 332 g/mol. The number of amides is 2. The van der Waals surface area contributed by atoms with Crippen molar-refractivity contribution in [1.29, 1.82) is 0 Å². The van der Waals surface area contributed by atoms with Crippen molar-refractivity contribution < 1.29 is 9.59 Å². The molecule has 0 aliphatic heterocycles. The minimum atomic E-state index is -0.356. The van der Waals surface area contributed by atoms with Gasteiger partial charge in [-0.15, -0.1) is 11.3 Å². The van der Waals surface area contributed by atoms with Crippen LogP contribution in [-0.2, 0) is 6.54 Å². The van der Waals surface area contributed by atoms with Crippen molar-refractivity contribution >= 4 is 28.8 Å². The number of aromatic nitrogens is 1. The summed E-state index contributed by atoms with van der Waals surface area (Å²) in [6.07, 6.45) is 0. The standard InChI is InChI=1S/C16H20N4O2S/c1-10(2)8-18-15(21)11-5-3-4-6-12(11)20-16(22)13-9-23-14(7-17)19-13/h3-6,9-10H,7-8,17H2,1-2H3,(H,18,21)(H,20,22). The number of benzene rings is 1. The van der Waals surface area contributed by atoms with Crippen LogP contribution in [0.3, 0.4) is 0 Å². The normalized spacial score (nSPS) is 10.6. The maximum absolute atomic E-state index is 12.2. The minimum Gasteiger partial charge on any atom is -0.352 e. The molecule has 0 radical (unpaired) electrons. The summed E-state index contributed by atoms with van der Waals surface area (Å²) in [6.45, 7) is 4.91. The summed E-state index contributed by atoms with van der Waals surface area (Å²) in [6, 6.07) is 6.90. The first kappa shape index (κ1) is 17.1. The van der Waals surface area contributed by atoms with Crippen molar-refractivity contribution in [1.82, 2.24) is 10.3 Å². The summed E-state index contributed by atoms with van der Waals surface area (Å²) in [4.78, 5) is 28.6. The summed E-state index contributed by atoms with van der Waals surface area (Å²) in [5.41, 5.74) is 6.69. The fraction of sp³-hybridized carbons (Fsp3) is 0.312. The van der Waals surface area contributed by atoms with Crippen LogP contribution in [0.15, 0.2) is 29.6 Å². The molecular formula is C16H20N4O2S. The van der Waals surface area contributed by atoms with Crippen LogP contribution in [-0.4, -0.2) is 23.3 Å². The van der Waals surface area contributed by atoms with E-state index < -0.39 is 0 Å². The Morgan fingerprint density at radius 3 is 2.65 bits per heavy atom. The summed E-state index contributed by atoms with van der Waals surface area (Å²) in [5.74, 6) is -0.217. The van der Waals surface area contributed by atoms with E-state index in [2.05, 4.69) is 15.6 Å². The van der Waals surface area contributed by atoms with Gasteiger partial charge in [0.1, 0.15) is 10.7 Å². The highest BCUT2D eigenvalue weighted by Crippen LogP contribution is 2.17. The molecule has 1 heterocycles. The molecule has 0 aliphatic carbocycles. The van der Waals surface area contributed by atoms with Crippen LogP contribution < -0.4 is 16.4 Å². The lowest BCUT2D eigenvalue weighted by atomic mass is 10.1. The number of hydrogen-bond donors (Lipinski definition) is 3. The predicted octanol–water partition coefficient (Wildman–Crippen LogP) is 2.24. The number of carbonyl (C=O) groups is 2. The number of rotatable bonds is 6. The van der Waals surface area contributed by atoms with Gasteiger partial charge in [-0.25, -0.2) is 4.98 Å². The average molecular weight is 332 g/mol. The van der Waals surface area contributed by atoms with E-state index in [4.69, 9.17) is 5.73 Å². The Kier molecular flexibility index (Phi) is 5.84. The first-order chi connectivity index (χ1) is 11.0. The summed E-state index contributed by atoms with van der Waals surface area (Å²) >= 11 is 1.33. The zero-order valence-corrected chi connectivity index (χ0v) is 13.9. The molecule has 0 saturated carbocycles. The van der Waals surface area contributed by atoms with Crippen LogP contribution in [0.5, 0.6) is 0 Å². The lowest BCUT2D eigenvalue weighted by Gasteiger charge is -2.12. The molecule has 0 atom stereocenters. The Morgan fingerprint density at radius 2 is 2.00 bits per heavy atom. The van der Waals surface area contributed by atoms with E-state index in [-0.39, 0.29) is 11.8 Å². The van der Waals surface area contributed by atoms with Crippen LogP contribution in [0.2, 0.25) is 0 Å². The molecule has 0 saturated heterocycles. The summed E-state index contributed by atoms with van der Waals surface area (Å²) < 4.78 is 0. The van der Waals surface area contributed by atoms with Gasteiger partial charge in [-0.05, 0) is 18.1 Å². The van der Waals surface area contributed by atoms with Crippen molar-refractivity contribution in [2.24, 2.45) is 11.7 Å². The lowest BCUT2D eigenvalue weighted by Crippen LogP contribution is -2.28. The number of anilines is 1. The molecule has 0 unspecified atom stereocenters. The first-order valence-corrected chi connectivity index (χ1v) is 8.22. The third-order valence-corrected chi connectivity index (χ3v) is 3.92. The van der Waals surface area contributed by atoms with Gasteiger partial charge in [0.05, 0.1) is 11.3 Å². The topological polar surface area (TPSA) is 97.1 Å². The maximum Gasteiger partial charge on any atom is 0.275 e. The van der Waals surface area contributed by atoms with E-state index in [1.165, 1.54) is 11.3 Å². The van der Waals surface area contributed by atoms with E-state index in [1.54, 1.807) is 29.6 Å². The fourth-order valence-corrected chi connectivity index (χ4v) is 2.53. The smallest absolute Gasteiger partial charge is 0.275 e. The zero-order valence-electron chi connectivity index (χ0n) is 13.1. The molecule has 0 bridgehead atoms. The van der Waals surface area contributed by atoms with Gasteiger partial charge in [0.15, 0.2) is 0 Å². The molecule has 4 N–H and O–H groups in total. The van der Waals surface area contributed by atoms with Crippen LogP contribution >= 0.6 is 11.3 Å². The number of hydrogen-bond acceptors (Lipinski definition) is 5. The maximum atomic E-state index is 12.2. The van der Waals surface area contributed by atoms with Gasteiger partial charge in [-0.1, -0.05) is 26.0 Å². The van der Waals surface area contributed by atoms with Gasteiger partial charge in [0, 0.05) is 18.5 Å². The van der Waals surface area contributed by atoms with E-state index in [1.807, 2.05) is 13.8 Å². The molecule has 0 fully saturated rings. The third-order valence-electron chi connectivity index (χ3n) is 3.05. The summed E-state index contributed by atoms with van der Waals surface area (Å²) in [5, 5.41) is 7.93. The predicted molar refractivity (Wildman–Crippen MR) is 91.6 cm³/mol. The molecule has 0 spiro atoms. The number of nitrogens with two attached hydrogens (primary N) is 1. The number of nitrogens with zero attached hydrogens (tertiary/aromatic N) is 1. The molecule has 23 heavy (non-hydrogen) atoms. The van der Waals surface area contributed by atoms with Crippen LogP contribution in [0.1, 0.15) is 39.7 Å². The van der Waals surface area contributed by atoms with Gasteiger partial charge in [0.25, 0.3) is 11.8 Å². The quantitative estimate of drug-likeness (QED) is 0.755. The molecule has 1 aromatic heterocycles. The largest absolute Gasteiger partial charge is 0.352 e. The van der Waals surface area contributed by atoms with Crippen LogP contribution in [0.25, 0.3) is 0 Å². The van der Waals surface area contributed by atoms with Gasteiger partial charge >= 0.3 is 0 Å². The Balaban J connectivity index is 2.13. The van der Waals surface area contributed by atoms with Crippen molar-refractivity contribution in [2.75, 3.05) is 11.9 Å². The van der Waals surface area contributed by atoms with Crippen molar-refractivity contribution in [3.8, 4) is 0 Å². The van der Waals surface area contributed by atoms with Crippen LogP contribution in [0.4, 0.5) is 5.69 Å². The molecule has 2 amide bonds. The number of thiazole rings is 1. The molecule has 6 nitrogen and oxygen atoms in total. The van der Waals surface area contributed by atoms with Crippen LogP contribution in [0, 0.1) is 5.92 Å². The Bertz CT molecular complexity index is 697. The highest BCUT2D eigenvalue weighted by atomic mass is 32.1. The second kappa shape index (κ2) is 7.85. The number of para-hydroxylation sites is 1. The lowest BCUT2D eigenvalue weighted by molar-refractivity contribution is 0.0950. The first-order valence-electron chi connectivity index (χ1n) is 7.34. The molecule has 0 aliphatic rings. The Morgan fingerprint density at radius 1 is 1.26 bits per heavy atom. The molecule has 1 aromatic carbocycles. The van der Waals surface area contributed by atoms with E-state index in [9.17, 15) is 9.59 Å². The van der Waals surface area contributed by atoms with Gasteiger partial charge < -0.3 is 16.4 Å². The van der Waals surface area contributed by atoms with Gasteiger partial charge in [-0.2, -0.15) is 0 Å². The number of nitrogens with one attached hydrogen (secondary N) is 2. The second-order valence-corrected chi connectivity index (χ2v) is 6.38. The Labute approximate surface area is 139 Å². The fourth-order valence-electron chi connectivity index (χ4n) is 1.88. The van der Waals surface area contributed by atoms with E-state index >= 15 is 0 Å². The zero-order chi connectivity index (χ0) is 16.8. The summed E-state index contributed by atoms with van der Waals surface area (Å²) in [7, 11) is 0. The molecule has 122 valence electrons. The highest BCUT2D eigenvalue weighted by Gasteiger charge is 2.15. The molecule has 7 heteroatoms. The van der Waals surface area contributed by atoms with Crippen molar-refractivity contribution in [2.45, 2.75) is 20.4 Å².